The molecule has 4 rings (SSSR count). The van der Waals surface area contributed by atoms with Gasteiger partial charge in [0.05, 0.1) is 18.2 Å². The van der Waals surface area contributed by atoms with Gasteiger partial charge in [0, 0.05) is 5.56 Å². The second-order valence-electron chi connectivity index (χ2n) is 5.78. The van der Waals surface area contributed by atoms with E-state index in [1.165, 1.54) is 15.9 Å². The highest BCUT2D eigenvalue weighted by Crippen LogP contribution is 2.20. The van der Waals surface area contributed by atoms with E-state index < -0.39 is 0 Å². The maximum absolute atomic E-state index is 12.7. The fraction of sp³-hybridized carbons (Fsp3) is 0.150. The van der Waals surface area contributed by atoms with Crippen LogP contribution < -0.4 is 19.6 Å². The van der Waals surface area contributed by atoms with E-state index in [0.29, 0.717) is 21.9 Å². The normalized spacial score (nSPS) is 11.9. The molecule has 136 valence electrons. The molecule has 0 aliphatic rings. The van der Waals surface area contributed by atoms with Gasteiger partial charge >= 0.3 is 0 Å². The van der Waals surface area contributed by atoms with Gasteiger partial charge in [-0.25, -0.2) is 0 Å². The Kier molecular flexibility index (Phi) is 4.60. The lowest BCUT2D eigenvalue weighted by Gasteiger charge is -2.02. The molecule has 0 amide bonds. The molecule has 0 atom stereocenters. The minimum atomic E-state index is -0.178. The van der Waals surface area contributed by atoms with E-state index in [1.54, 1.807) is 7.11 Å². The number of nitrogens with zero attached hydrogens (tertiary/aromatic N) is 3. The van der Waals surface area contributed by atoms with E-state index >= 15 is 0 Å². The first-order chi connectivity index (χ1) is 13.2. The number of thiazole rings is 1. The number of hydrogen-bond donors (Lipinski definition) is 0. The van der Waals surface area contributed by atoms with Crippen LogP contribution in [0.15, 0.2) is 53.3 Å². The first kappa shape index (κ1) is 17.2. The van der Waals surface area contributed by atoms with Crippen LogP contribution in [-0.2, 0) is 0 Å². The fourth-order valence-corrected chi connectivity index (χ4v) is 3.61. The predicted octanol–water partition coefficient (Wildman–Crippen LogP) is 2.77. The topological polar surface area (TPSA) is 65.7 Å². The molecule has 2 aromatic carbocycles. The van der Waals surface area contributed by atoms with Crippen LogP contribution in [0, 0.1) is 0 Å². The van der Waals surface area contributed by atoms with Crippen LogP contribution in [0.3, 0.4) is 0 Å². The molecule has 0 spiro atoms. The number of benzene rings is 2. The summed E-state index contributed by atoms with van der Waals surface area (Å²) in [6, 6.07) is 15.1. The lowest BCUT2D eigenvalue weighted by molar-refractivity contribution is 0.340. The van der Waals surface area contributed by atoms with Crippen LogP contribution in [-0.4, -0.2) is 28.3 Å². The average Bonchev–Trinajstić information content (AvgIpc) is 3.23. The Morgan fingerprint density at radius 3 is 2.67 bits per heavy atom. The van der Waals surface area contributed by atoms with Crippen LogP contribution in [0.1, 0.15) is 12.5 Å². The molecule has 0 fully saturated rings. The molecule has 4 aromatic rings. The first-order valence-electron chi connectivity index (χ1n) is 8.46. The first-order valence-corrected chi connectivity index (χ1v) is 9.28. The largest absolute Gasteiger partial charge is 0.497 e. The molecule has 0 aliphatic carbocycles. The van der Waals surface area contributed by atoms with Gasteiger partial charge in [0.15, 0.2) is 5.82 Å². The minimum Gasteiger partial charge on any atom is -0.497 e. The summed E-state index contributed by atoms with van der Waals surface area (Å²) in [5.41, 5.74) is 1.55. The van der Waals surface area contributed by atoms with Crippen molar-refractivity contribution < 1.29 is 9.47 Å². The van der Waals surface area contributed by atoms with Crippen molar-refractivity contribution in [1.29, 1.82) is 0 Å². The molecule has 0 aliphatic heterocycles. The van der Waals surface area contributed by atoms with Crippen molar-refractivity contribution in [3.63, 3.8) is 0 Å². The molecule has 0 saturated heterocycles. The van der Waals surface area contributed by atoms with Gasteiger partial charge in [0.25, 0.3) is 5.56 Å². The van der Waals surface area contributed by atoms with Crippen molar-refractivity contribution in [2.24, 2.45) is 0 Å². The molecule has 0 N–H and O–H groups in total. The summed E-state index contributed by atoms with van der Waals surface area (Å²) in [6.07, 6.45) is 1.82. The fourth-order valence-electron chi connectivity index (χ4n) is 2.71. The Morgan fingerprint density at radius 2 is 1.96 bits per heavy atom. The summed E-state index contributed by atoms with van der Waals surface area (Å²) in [6.45, 7) is 2.55. The molecule has 0 saturated carbocycles. The van der Waals surface area contributed by atoms with Gasteiger partial charge in [-0.05, 0) is 55.0 Å². The number of fused-ring (bicyclic) bond motifs is 1. The third-order valence-electron chi connectivity index (χ3n) is 4.00. The minimum absolute atomic E-state index is 0.178. The van der Waals surface area contributed by atoms with E-state index in [1.807, 2.05) is 61.5 Å². The smallest absolute Gasteiger partial charge is 0.291 e. The predicted molar refractivity (Wildman–Crippen MR) is 106 cm³/mol. The molecule has 2 heterocycles. The van der Waals surface area contributed by atoms with Gasteiger partial charge in [0.1, 0.15) is 11.5 Å². The summed E-state index contributed by atoms with van der Waals surface area (Å²) in [5.74, 6) is 2.06. The van der Waals surface area contributed by atoms with Crippen molar-refractivity contribution in [3.05, 3.63) is 69.0 Å². The molecule has 7 heteroatoms. The highest BCUT2D eigenvalue weighted by Gasteiger charge is 2.12. The summed E-state index contributed by atoms with van der Waals surface area (Å²) in [7, 11) is 1.61. The van der Waals surface area contributed by atoms with Gasteiger partial charge in [-0.3, -0.25) is 4.79 Å². The molecule has 2 aromatic heterocycles. The maximum Gasteiger partial charge on any atom is 0.291 e. The molecule has 0 unspecified atom stereocenters. The monoisotopic (exact) mass is 379 g/mol. The summed E-state index contributed by atoms with van der Waals surface area (Å²) in [4.78, 5) is 17.7. The number of methoxy groups -OCH3 is 1. The third-order valence-corrected chi connectivity index (χ3v) is 4.96. The Balaban J connectivity index is 1.71. The highest BCUT2D eigenvalue weighted by atomic mass is 32.1. The lowest BCUT2D eigenvalue weighted by atomic mass is 10.2. The second kappa shape index (κ2) is 7.20. The maximum atomic E-state index is 12.7. The summed E-state index contributed by atoms with van der Waals surface area (Å²) >= 11 is 1.31. The van der Waals surface area contributed by atoms with E-state index in [2.05, 4.69) is 10.1 Å². The second-order valence-corrected chi connectivity index (χ2v) is 6.79. The van der Waals surface area contributed by atoms with Crippen molar-refractivity contribution in [2.45, 2.75) is 6.92 Å². The van der Waals surface area contributed by atoms with Crippen molar-refractivity contribution in [1.82, 2.24) is 14.6 Å². The summed E-state index contributed by atoms with van der Waals surface area (Å²) < 4.78 is 12.6. The Morgan fingerprint density at radius 1 is 1.15 bits per heavy atom. The Labute approximate surface area is 159 Å². The average molecular weight is 379 g/mol. The van der Waals surface area contributed by atoms with Crippen LogP contribution in [0.2, 0.25) is 0 Å². The zero-order chi connectivity index (χ0) is 18.8. The highest BCUT2D eigenvalue weighted by molar-refractivity contribution is 7.15. The quantitative estimate of drug-likeness (QED) is 0.533. The summed E-state index contributed by atoms with van der Waals surface area (Å²) in [5, 5.41) is 4.37. The van der Waals surface area contributed by atoms with Crippen LogP contribution in [0.4, 0.5) is 0 Å². The van der Waals surface area contributed by atoms with Crippen molar-refractivity contribution >= 4 is 22.4 Å². The zero-order valence-electron chi connectivity index (χ0n) is 14.9. The van der Waals surface area contributed by atoms with E-state index in [9.17, 15) is 4.79 Å². The molecule has 6 nitrogen and oxygen atoms in total. The lowest BCUT2D eigenvalue weighted by Crippen LogP contribution is -2.23. The molecule has 0 bridgehead atoms. The number of rotatable bonds is 5. The Hall–Kier alpha value is -3.19. The van der Waals surface area contributed by atoms with Gasteiger partial charge in [0.2, 0.25) is 4.96 Å². The zero-order valence-corrected chi connectivity index (χ0v) is 15.7. The van der Waals surface area contributed by atoms with E-state index in [-0.39, 0.29) is 5.56 Å². The van der Waals surface area contributed by atoms with Crippen LogP contribution in [0.5, 0.6) is 11.5 Å². The van der Waals surface area contributed by atoms with Crippen LogP contribution >= 0.6 is 11.3 Å². The van der Waals surface area contributed by atoms with Gasteiger partial charge in [-0.15, -0.1) is 5.10 Å². The molecular weight excluding hydrogens is 362 g/mol. The molecule has 27 heavy (non-hydrogen) atoms. The third kappa shape index (κ3) is 3.41. The van der Waals surface area contributed by atoms with Gasteiger partial charge in [-0.2, -0.15) is 9.50 Å². The SMILES string of the molecule is CCOc1ccc(-c2nc3s/c(=C\c4cccc(OC)c4)c(=O)n3n2)cc1. The van der Waals surface area contributed by atoms with Gasteiger partial charge < -0.3 is 9.47 Å². The molecular formula is C20H17N3O3S. The molecule has 0 radical (unpaired) electrons. The van der Waals surface area contributed by atoms with E-state index in [0.717, 1.165) is 22.6 Å². The number of hydrogen-bond acceptors (Lipinski definition) is 6. The van der Waals surface area contributed by atoms with Gasteiger partial charge in [-0.1, -0.05) is 23.5 Å². The number of aromatic nitrogens is 3. The van der Waals surface area contributed by atoms with Crippen molar-refractivity contribution in [2.75, 3.05) is 13.7 Å². The van der Waals surface area contributed by atoms with E-state index in [4.69, 9.17) is 9.47 Å². The number of ether oxygens (including phenoxy) is 2. The Bertz CT molecular complexity index is 1200. The van der Waals surface area contributed by atoms with Crippen LogP contribution in [0.25, 0.3) is 22.4 Å². The standard InChI is InChI=1S/C20H17N3O3S/c1-3-26-15-9-7-14(8-10-15)18-21-20-23(22-18)19(24)17(27-20)12-13-5-4-6-16(11-13)25-2/h4-12H,3H2,1-2H3/b17-12-. The van der Waals surface area contributed by atoms with Crippen molar-refractivity contribution in [3.8, 4) is 22.9 Å².